The molecule has 1 aliphatic carbocycles. The minimum absolute atomic E-state index is 0.464. The van der Waals surface area contributed by atoms with E-state index in [1.54, 1.807) is 0 Å². The van der Waals surface area contributed by atoms with Gasteiger partial charge in [-0.2, -0.15) is 0 Å². The molecule has 3 heteroatoms. The van der Waals surface area contributed by atoms with E-state index in [-0.39, 0.29) is 0 Å². The van der Waals surface area contributed by atoms with Gasteiger partial charge in [0, 0.05) is 23.5 Å². The fourth-order valence-corrected chi connectivity index (χ4v) is 4.22. The summed E-state index contributed by atoms with van der Waals surface area (Å²) in [6.07, 6.45) is 8.17. The summed E-state index contributed by atoms with van der Waals surface area (Å²) >= 11 is 1.90. The molecule has 0 atom stereocenters. The molecule has 1 spiro atoms. The second-order valence-electron chi connectivity index (χ2n) is 5.87. The molecule has 2 nitrogen and oxygen atoms in total. The number of thiophene rings is 1. The molecule has 100 valence electrons. The van der Waals surface area contributed by atoms with Crippen LogP contribution < -0.4 is 5.32 Å². The van der Waals surface area contributed by atoms with Gasteiger partial charge in [-0.15, -0.1) is 11.3 Å². The molecule has 1 saturated heterocycles. The van der Waals surface area contributed by atoms with Crippen LogP contribution in [0.3, 0.4) is 0 Å². The van der Waals surface area contributed by atoms with Crippen molar-refractivity contribution in [3.8, 4) is 0 Å². The molecule has 3 rings (SSSR count). The van der Waals surface area contributed by atoms with Crippen LogP contribution in [0.15, 0.2) is 17.5 Å². The second kappa shape index (κ2) is 5.72. The lowest BCUT2D eigenvalue weighted by Crippen LogP contribution is -2.49. The first-order valence-electron chi connectivity index (χ1n) is 7.36. The predicted molar refractivity (Wildman–Crippen MR) is 78.3 cm³/mol. The molecule has 0 unspecified atom stereocenters. The molecule has 1 aromatic rings. The highest BCUT2D eigenvalue weighted by Gasteiger charge is 2.36. The van der Waals surface area contributed by atoms with E-state index in [4.69, 9.17) is 0 Å². The molecule has 2 heterocycles. The average molecular weight is 264 g/mol. The Hall–Kier alpha value is -0.380. The summed E-state index contributed by atoms with van der Waals surface area (Å²) in [6.45, 7) is 5.01. The highest BCUT2D eigenvalue weighted by Crippen LogP contribution is 2.31. The van der Waals surface area contributed by atoms with Gasteiger partial charge in [-0.05, 0) is 50.2 Å². The smallest absolute Gasteiger partial charge is 0.0308 e. The van der Waals surface area contributed by atoms with Gasteiger partial charge in [-0.3, -0.25) is 0 Å². The first-order valence-corrected chi connectivity index (χ1v) is 8.24. The van der Waals surface area contributed by atoms with E-state index >= 15 is 0 Å². The Balaban J connectivity index is 1.57. The number of hydrogen-bond acceptors (Lipinski definition) is 3. The third-order valence-corrected chi connectivity index (χ3v) is 5.43. The van der Waals surface area contributed by atoms with Crippen molar-refractivity contribution < 1.29 is 0 Å². The first-order chi connectivity index (χ1) is 8.86. The van der Waals surface area contributed by atoms with Gasteiger partial charge < -0.3 is 10.2 Å². The van der Waals surface area contributed by atoms with Crippen molar-refractivity contribution in [1.82, 2.24) is 10.2 Å². The molecule has 0 aromatic carbocycles. The zero-order valence-electron chi connectivity index (χ0n) is 11.2. The SMILES string of the molecule is c1csc(CCN2CCCNC3(CCCC3)C2)c1. The van der Waals surface area contributed by atoms with Gasteiger partial charge in [0.25, 0.3) is 0 Å². The molecule has 1 aliphatic heterocycles. The van der Waals surface area contributed by atoms with Gasteiger partial charge in [0.15, 0.2) is 0 Å². The zero-order chi connectivity index (χ0) is 12.3. The van der Waals surface area contributed by atoms with Crippen LogP contribution in [0.1, 0.15) is 37.0 Å². The molecule has 1 N–H and O–H groups in total. The van der Waals surface area contributed by atoms with Gasteiger partial charge in [-0.1, -0.05) is 18.9 Å². The van der Waals surface area contributed by atoms with Crippen molar-refractivity contribution in [3.05, 3.63) is 22.4 Å². The summed E-state index contributed by atoms with van der Waals surface area (Å²) in [5, 5.41) is 6.03. The van der Waals surface area contributed by atoms with Crippen LogP contribution >= 0.6 is 11.3 Å². The third kappa shape index (κ3) is 2.95. The molecular formula is C15H24N2S. The molecule has 18 heavy (non-hydrogen) atoms. The molecule has 2 aliphatic rings. The number of nitrogens with zero attached hydrogens (tertiary/aromatic N) is 1. The lowest BCUT2D eigenvalue weighted by atomic mass is 9.97. The van der Waals surface area contributed by atoms with E-state index in [1.807, 2.05) is 11.3 Å². The van der Waals surface area contributed by atoms with Crippen LogP contribution in [0.5, 0.6) is 0 Å². The van der Waals surface area contributed by atoms with E-state index in [2.05, 4.69) is 27.7 Å². The van der Waals surface area contributed by atoms with E-state index in [0.717, 1.165) is 0 Å². The first kappa shape index (κ1) is 12.6. The summed E-state index contributed by atoms with van der Waals surface area (Å²) in [5.41, 5.74) is 0.464. The Bertz CT molecular complexity index is 355. The lowest BCUT2D eigenvalue weighted by molar-refractivity contribution is 0.212. The molecule has 1 aromatic heterocycles. The summed E-state index contributed by atoms with van der Waals surface area (Å²) < 4.78 is 0. The number of hydrogen-bond donors (Lipinski definition) is 1. The van der Waals surface area contributed by atoms with Crippen molar-refractivity contribution in [2.45, 2.75) is 44.1 Å². The highest BCUT2D eigenvalue weighted by atomic mass is 32.1. The summed E-state index contributed by atoms with van der Waals surface area (Å²) in [5.74, 6) is 0. The Labute approximate surface area is 114 Å². The van der Waals surface area contributed by atoms with Gasteiger partial charge in [-0.25, -0.2) is 0 Å². The van der Waals surface area contributed by atoms with Gasteiger partial charge in [0.05, 0.1) is 0 Å². The summed E-state index contributed by atoms with van der Waals surface area (Å²) in [6, 6.07) is 4.44. The van der Waals surface area contributed by atoms with Crippen LogP contribution in [-0.2, 0) is 6.42 Å². The van der Waals surface area contributed by atoms with Crippen LogP contribution in [0.2, 0.25) is 0 Å². The Morgan fingerprint density at radius 2 is 2.17 bits per heavy atom. The lowest BCUT2D eigenvalue weighted by Gasteiger charge is -2.33. The Morgan fingerprint density at radius 3 is 2.94 bits per heavy atom. The van der Waals surface area contributed by atoms with Crippen LogP contribution in [-0.4, -0.2) is 36.6 Å². The van der Waals surface area contributed by atoms with Crippen molar-refractivity contribution >= 4 is 11.3 Å². The normalized spacial score (nSPS) is 24.4. The van der Waals surface area contributed by atoms with Crippen molar-refractivity contribution in [2.24, 2.45) is 0 Å². The van der Waals surface area contributed by atoms with Crippen molar-refractivity contribution in [2.75, 3.05) is 26.2 Å². The fraction of sp³-hybridized carbons (Fsp3) is 0.733. The average Bonchev–Trinajstić information content (AvgIpc) is 2.99. The van der Waals surface area contributed by atoms with E-state index < -0.39 is 0 Å². The quantitative estimate of drug-likeness (QED) is 0.903. The van der Waals surface area contributed by atoms with Crippen LogP contribution in [0.4, 0.5) is 0 Å². The van der Waals surface area contributed by atoms with Crippen LogP contribution in [0, 0.1) is 0 Å². The summed E-state index contributed by atoms with van der Waals surface area (Å²) in [7, 11) is 0. The van der Waals surface area contributed by atoms with E-state index in [1.165, 1.54) is 69.6 Å². The van der Waals surface area contributed by atoms with E-state index in [0.29, 0.717) is 5.54 Å². The minimum atomic E-state index is 0.464. The molecule has 2 fully saturated rings. The molecule has 0 bridgehead atoms. The Morgan fingerprint density at radius 1 is 1.28 bits per heavy atom. The second-order valence-corrected chi connectivity index (χ2v) is 6.91. The molecule has 0 radical (unpaired) electrons. The largest absolute Gasteiger partial charge is 0.310 e. The Kier molecular flexibility index (Phi) is 4.02. The molecule has 0 amide bonds. The molecular weight excluding hydrogens is 240 g/mol. The van der Waals surface area contributed by atoms with Crippen LogP contribution in [0.25, 0.3) is 0 Å². The maximum Gasteiger partial charge on any atom is 0.0308 e. The third-order valence-electron chi connectivity index (χ3n) is 4.49. The maximum atomic E-state index is 3.84. The zero-order valence-corrected chi connectivity index (χ0v) is 12.0. The molecule has 1 saturated carbocycles. The summed E-state index contributed by atoms with van der Waals surface area (Å²) in [4.78, 5) is 4.23. The number of rotatable bonds is 3. The highest BCUT2D eigenvalue weighted by molar-refractivity contribution is 7.09. The monoisotopic (exact) mass is 264 g/mol. The van der Waals surface area contributed by atoms with Crippen molar-refractivity contribution in [1.29, 1.82) is 0 Å². The van der Waals surface area contributed by atoms with Gasteiger partial charge >= 0.3 is 0 Å². The van der Waals surface area contributed by atoms with Crippen molar-refractivity contribution in [3.63, 3.8) is 0 Å². The topological polar surface area (TPSA) is 15.3 Å². The predicted octanol–water partition coefficient (Wildman–Crippen LogP) is 2.90. The maximum absolute atomic E-state index is 3.84. The number of nitrogens with one attached hydrogen (secondary N) is 1. The minimum Gasteiger partial charge on any atom is -0.310 e. The van der Waals surface area contributed by atoms with Gasteiger partial charge in [0.2, 0.25) is 0 Å². The fourth-order valence-electron chi connectivity index (χ4n) is 3.52. The standard InChI is InChI=1S/C15H24N2S/c1-2-8-15(7-1)13-17(10-4-9-16-15)11-6-14-5-3-12-18-14/h3,5,12,16H,1-2,4,6-11,13H2. The van der Waals surface area contributed by atoms with E-state index in [9.17, 15) is 0 Å². The van der Waals surface area contributed by atoms with Gasteiger partial charge in [0.1, 0.15) is 0 Å².